The number of benzene rings is 5. The van der Waals surface area contributed by atoms with E-state index in [1.54, 1.807) is 18.2 Å². The van der Waals surface area contributed by atoms with Crippen LogP contribution in [0.2, 0.25) is 0 Å². The summed E-state index contributed by atoms with van der Waals surface area (Å²) in [5.41, 5.74) is 6.92. The Hall–Kier alpha value is -6.52. The topological polar surface area (TPSA) is 165 Å². The molecule has 2 atom stereocenters. The van der Waals surface area contributed by atoms with Crippen LogP contribution in [-0.4, -0.2) is 21.8 Å². The van der Waals surface area contributed by atoms with E-state index in [0.717, 1.165) is 16.7 Å². The molecule has 0 radical (unpaired) electrons. The number of rotatable bonds is 7. The summed E-state index contributed by atoms with van der Waals surface area (Å²) in [5, 5.41) is 32.7. The van der Waals surface area contributed by atoms with Crippen LogP contribution in [0.25, 0.3) is 44.8 Å². The van der Waals surface area contributed by atoms with Crippen molar-refractivity contribution in [3.8, 4) is 28.2 Å². The fraction of sp³-hybridized carbons (Fsp3) is 0.0526. The van der Waals surface area contributed by atoms with Crippen molar-refractivity contribution >= 4 is 39.8 Å². The van der Waals surface area contributed by atoms with E-state index >= 15 is 0 Å². The minimum absolute atomic E-state index is 0.128. The van der Waals surface area contributed by atoms with Crippen LogP contribution < -0.4 is 11.3 Å². The number of hydrogen-bond donors (Lipinski definition) is 4. The van der Waals surface area contributed by atoms with Crippen molar-refractivity contribution in [2.45, 2.75) is 5.92 Å². The molecule has 236 valence electrons. The van der Waals surface area contributed by atoms with Gasteiger partial charge in [-0.1, -0.05) is 103 Å². The molecule has 1 aromatic heterocycles. The lowest BCUT2D eigenvalue weighted by molar-refractivity contribution is -0.384. The highest BCUT2D eigenvalue weighted by molar-refractivity contribution is 6.11. The molecule has 1 aliphatic heterocycles. The van der Waals surface area contributed by atoms with Crippen LogP contribution >= 0.6 is 0 Å². The number of hydrogen-bond acceptors (Lipinski definition) is 8. The highest BCUT2D eigenvalue weighted by Crippen LogP contribution is 2.51. The number of nitro groups is 1. The monoisotopic (exact) mass is 636 g/mol. The van der Waals surface area contributed by atoms with Crippen molar-refractivity contribution < 1.29 is 24.0 Å². The van der Waals surface area contributed by atoms with Crippen molar-refractivity contribution in [2.24, 2.45) is 11.8 Å². The van der Waals surface area contributed by atoms with Gasteiger partial charge in [0.15, 0.2) is 0 Å². The summed E-state index contributed by atoms with van der Waals surface area (Å²) in [4.78, 5) is 24.3. The third-order valence-electron chi connectivity index (χ3n) is 8.51. The Kier molecular flexibility index (Phi) is 7.76. The van der Waals surface area contributed by atoms with E-state index in [0.29, 0.717) is 33.4 Å². The number of carbonyl (C=O) groups is 1. The highest BCUT2D eigenvalue weighted by atomic mass is 16.6. The van der Waals surface area contributed by atoms with Crippen LogP contribution in [0.3, 0.4) is 0 Å². The van der Waals surface area contributed by atoms with Gasteiger partial charge in [0.2, 0.25) is 11.8 Å². The number of phenolic OH excluding ortho intramolecular Hbond substituents is 1. The number of furan rings is 1. The molecule has 48 heavy (non-hydrogen) atoms. The molecular formula is C38H28N4O6. The average molecular weight is 637 g/mol. The molecule has 0 spiro atoms. The molecule has 2 unspecified atom stereocenters. The predicted octanol–water partition coefficient (Wildman–Crippen LogP) is 7.65. The van der Waals surface area contributed by atoms with Crippen molar-refractivity contribution in [3.63, 3.8) is 0 Å². The Morgan fingerprint density at radius 1 is 0.833 bits per heavy atom. The summed E-state index contributed by atoms with van der Waals surface area (Å²) in [6.45, 7) is 0. The van der Waals surface area contributed by atoms with Crippen LogP contribution in [0.1, 0.15) is 22.6 Å². The second kappa shape index (κ2) is 12.3. The molecule has 6 aromatic rings. The lowest BCUT2D eigenvalue weighted by Gasteiger charge is -2.35. The number of fused-ring (bicyclic) bond motifs is 1. The number of ether oxygens (including phenoxy) is 1. The van der Waals surface area contributed by atoms with Crippen molar-refractivity contribution in [2.75, 3.05) is 0 Å². The van der Waals surface area contributed by atoms with E-state index in [9.17, 15) is 20.0 Å². The molecule has 7 rings (SSSR count). The SMILES string of the molecule is N=C1OC(c2cc3c(-c4ccccc4)c(-c4ccccc4)oc3cc2O)=C(c2ccccc2)C(c2ccc([N+](=O)[O-])cc2)C1C(=O)NN. The largest absolute Gasteiger partial charge is 0.507 e. The molecular weight excluding hydrogens is 608 g/mol. The van der Waals surface area contributed by atoms with Crippen LogP contribution in [-0.2, 0) is 9.53 Å². The summed E-state index contributed by atoms with van der Waals surface area (Å²) >= 11 is 0. The quantitative estimate of drug-likeness (QED) is 0.0605. The van der Waals surface area contributed by atoms with Crippen LogP contribution in [0.5, 0.6) is 5.75 Å². The maximum Gasteiger partial charge on any atom is 0.269 e. The number of nitrogens with zero attached hydrogens (tertiary/aromatic N) is 1. The molecule has 0 fully saturated rings. The van der Waals surface area contributed by atoms with Gasteiger partial charge < -0.3 is 14.3 Å². The summed E-state index contributed by atoms with van der Waals surface area (Å²) in [6.07, 6.45) is 0. The summed E-state index contributed by atoms with van der Waals surface area (Å²) in [6, 6.07) is 37.7. The number of nitrogens with two attached hydrogens (primary N) is 1. The molecule has 2 heterocycles. The van der Waals surface area contributed by atoms with Gasteiger partial charge in [0.1, 0.15) is 28.8 Å². The molecule has 5 N–H and O–H groups in total. The predicted molar refractivity (Wildman–Crippen MR) is 182 cm³/mol. The third kappa shape index (κ3) is 5.25. The van der Waals surface area contributed by atoms with Gasteiger partial charge in [-0.15, -0.1) is 0 Å². The van der Waals surface area contributed by atoms with Gasteiger partial charge in [0.25, 0.3) is 5.69 Å². The Labute approximate surface area is 274 Å². The maximum absolute atomic E-state index is 13.3. The summed E-state index contributed by atoms with van der Waals surface area (Å²) < 4.78 is 12.6. The van der Waals surface area contributed by atoms with E-state index in [1.807, 2.05) is 91.0 Å². The zero-order chi connectivity index (χ0) is 33.4. The number of nitro benzene ring substituents is 1. The van der Waals surface area contributed by atoms with E-state index < -0.39 is 28.6 Å². The zero-order valence-electron chi connectivity index (χ0n) is 25.3. The number of carbonyl (C=O) groups excluding carboxylic acids is 1. The standard InChI is InChI=1S/C38H28N4O6/c39-37-34(38(44)41-40)32(24-16-18-26(19-17-24)42(45)46)33(23-12-6-2-7-13-23)36(48-37)27-20-28-30(21-29(27)43)47-35(25-14-8-3-9-15-25)31(28)22-10-4-1-5-11-22/h1-21,32,34,39,43H,40H2,(H,41,44). The van der Waals surface area contributed by atoms with E-state index in [4.69, 9.17) is 20.4 Å². The van der Waals surface area contributed by atoms with Crippen LogP contribution in [0.4, 0.5) is 5.69 Å². The number of hydrazine groups is 1. The smallest absolute Gasteiger partial charge is 0.269 e. The van der Waals surface area contributed by atoms with Gasteiger partial charge >= 0.3 is 0 Å². The minimum Gasteiger partial charge on any atom is -0.507 e. The Bertz CT molecular complexity index is 2210. The minimum atomic E-state index is -1.22. The van der Waals surface area contributed by atoms with E-state index in [1.165, 1.54) is 18.2 Å². The third-order valence-corrected chi connectivity index (χ3v) is 8.51. The van der Waals surface area contributed by atoms with Gasteiger partial charge in [-0.2, -0.15) is 0 Å². The second-order valence-corrected chi connectivity index (χ2v) is 11.3. The molecule has 0 aliphatic carbocycles. The van der Waals surface area contributed by atoms with Gasteiger partial charge in [-0.05, 0) is 22.8 Å². The first-order valence-corrected chi connectivity index (χ1v) is 15.1. The lowest BCUT2D eigenvalue weighted by atomic mass is 9.74. The number of nitrogens with one attached hydrogen (secondary N) is 2. The maximum atomic E-state index is 13.3. The van der Waals surface area contributed by atoms with Gasteiger partial charge in [-0.25, -0.2) is 5.84 Å². The fourth-order valence-corrected chi connectivity index (χ4v) is 6.34. The first-order chi connectivity index (χ1) is 23.4. The highest BCUT2D eigenvalue weighted by Gasteiger charge is 2.44. The average Bonchev–Trinajstić information content (AvgIpc) is 3.49. The second-order valence-electron chi connectivity index (χ2n) is 11.3. The number of aromatic hydroxyl groups is 1. The summed E-state index contributed by atoms with van der Waals surface area (Å²) in [5.74, 6) is 3.02. The number of non-ortho nitro benzene ring substituents is 1. The molecule has 5 aromatic carbocycles. The summed E-state index contributed by atoms with van der Waals surface area (Å²) in [7, 11) is 0. The molecule has 10 heteroatoms. The number of allylic oxidation sites excluding steroid dienone is 1. The van der Waals surface area contributed by atoms with Gasteiger partial charge in [0.05, 0.1) is 10.5 Å². The normalized spacial score (nSPS) is 16.1. The van der Waals surface area contributed by atoms with Gasteiger partial charge in [0, 0.05) is 46.2 Å². The number of amides is 1. The van der Waals surface area contributed by atoms with Crippen LogP contribution in [0.15, 0.2) is 132 Å². The zero-order valence-corrected chi connectivity index (χ0v) is 25.3. The molecule has 0 bridgehead atoms. The molecule has 10 nitrogen and oxygen atoms in total. The number of phenols is 1. The Morgan fingerprint density at radius 3 is 2.00 bits per heavy atom. The van der Waals surface area contributed by atoms with Crippen LogP contribution in [0, 0.1) is 21.4 Å². The van der Waals surface area contributed by atoms with Gasteiger partial charge in [-0.3, -0.25) is 25.7 Å². The fourth-order valence-electron chi connectivity index (χ4n) is 6.34. The molecule has 1 aliphatic rings. The Balaban J connectivity index is 1.54. The molecule has 1 amide bonds. The van der Waals surface area contributed by atoms with Crippen molar-refractivity contribution in [1.29, 1.82) is 5.41 Å². The Morgan fingerprint density at radius 2 is 1.42 bits per heavy atom. The van der Waals surface area contributed by atoms with E-state index in [2.05, 4.69) is 5.43 Å². The van der Waals surface area contributed by atoms with Crippen molar-refractivity contribution in [3.05, 3.63) is 154 Å². The van der Waals surface area contributed by atoms with Crippen molar-refractivity contribution in [1.82, 2.24) is 5.43 Å². The lowest BCUT2D eigenvalue weighted by Crippen LogP contribution is -2.44. The van der Waals surface area contributed by atoms with E-state index in [-0.39, 0.29) is 22.8 Å². The first-order valence-electron chi connectivity index (χ1n) is 15.1. The molecule has 0 saturated carbocycles. The first kappa shape index (κ1) is 30.2. The molecule has 0 saturated heterocycles.